The number of anilines is 1. The van der Waals surface area contributed by atoms with E-state index in [1.54, 1.807) is 31.2 Å². The average molecular weight is 294 g/mol. The number of carbonyl (C=O) groups excluding carboxylic acids is 1. The summed E-state index contributed by atoms with van der Waals surface area (Å²) in [5.41, 5.74) is 3.43. The van der Waals surface area contributed by atoms with Gasteiger partial charge in [0.15, 0.2) is 6.10 Å². The Labute approximate surface area is 130 Å². The molecule has 2 rings (SSSR count). The molecule has 112 valence electrons. The molecule has 1 unspecified atom stereocenters. The lowest BCUT2D eigenvalue weighted by Gasteiger charge is -2.16. The minimum Gasteiger partial charge on any atom is -0.481 e. The lowest BCUT2D eigenvalue weighted by atomic mass is 10.1. The van der Waals surface area contributed by atoms with Crippen molar-refractivity contribution in [1.82, 2.24) is 0 Å². The van der Waals surface area contributed by atoms with Gasteiger partial charge in [0.05, 0.1) is 11.6 Å². The van der Waals surface area contributed by atoms with Crippen LogP contribution in [0, 0.1) is 25.2 Å². The quantitative estimate of drug-likeness (QED) is 0.937. The molecule has 0 saturated heterocycles. The van der Waals surface area contributed by atoms with Crippen molar-refractivity contribution in [2.24, 2.45) is 0 Å². The number of carbonyl (C=O) groups is 1. The number of ether oxygens (including phenoxy) is 1. The van der Waals surface area contributed by atoms with Gasteiger partial charge in [-0.15, -0.1) is 0 Å². The van der Waals surface area contributed by atoms with Crippen molar-refractivity contribution in [3.63, 3.8) is 0 Å². The maximum Gasteiger partial charge on any atom is 0.265 e. The Morgan fingerprint density at radius 3 is 2.68 bits per heavy atom. The van der Waals surface area contributed by atoms with Gasteiger partial charge < -0.3 is 10.1 Å². The maximum atomic E-state index is 12.2. The summed E-state index contributed by atoms with van der Waals surface area (Å²) in [4.78, 5) is 12.2. The highest BCUT2D eigenvalue weighted by Gasteiger charge is 2.15. The van der Waals surface area contributed by atoms with Crippen molar-refractivity contribution < 1.29 is 9.53 Å². The van der Waals surface area contributed by atoms with E-state index in [0.717, 1.165) is 16.8 Å². The zero-order valence-electron chi connectivity index (χ0n) is 12.9. The van der Waals surface area contributed by atoms with Crippen LogP contribution in [0.4, 0.5) is 5.69 Å². The van der Waals surface area contributed by atoms with E-state index in [1.165, 1.54) is 0 Å². The third-order valence-corrected chi connectivity index (χ3v) is 3.28. The highest BCUT2D eigenvalue weighted by molar-refractivity contribution is 5.94. The number of hydrogen-bond donors (Lipinski definition) is 1. The number of hydrogen-bond acceptors (Lipinski definition) is 3. The first-order chi connectivity index (χ1) is 10.5. The van der Waals surface area contributed by atoms with E-state index in [4.69, 9.17) is 10.00 Å². The highest BCUT2D eigenvalue weighted by Crippen LogP contribution is 2.18. The van der Waals surface area contributed by atoms with Gasteiger partial charge in [0.1, 0.15) is 5.75 Å². The molecule has 0 saturated carbocycles. The van der Waals surface area contributed by atoms with Gasteiger partial charge >= 0.3 is 0 Å². The molecule has 0 aliphatic carbocycles. The Morgan fingerprint density at radius 2 is 2.00 bits per heavy atom. The molecule has 0 aromatic heterocycles. The van der Waals surface area contributed by atoms with Crippen LogP contribution in [0.15, 0.2) is 42.5 Å². The normalized spacial score (nSPS) is 11.4. The Balaban J connectivity index is 2.04. The van der Waals surface area contributed by atoms with Crippen molar-refractivity contribution >= 4 is 11.6 Å². The summed E-state index contributed by atoms with van der Waals surface area (Å²) in [5.74, 6) is 0.275. The van der Waals surface area contributed by atoms with Crippen LogP contribution in [0.3, 0.4) is 0 Å². The number of benzene rings is 2. The third kappa shape index (κ3) is 3.86. The first kappa shape index (κ1) is 15.6. The van der Waals surface area contributed by atoms with Gasteiger partial charge in [-0.3, -0.25) is 4.79 Å². The van der Waals surface area contributed by atoms with Crippen LogP contribution < -0.4 is 10.1 Å². The van der Waals surface area contributed by atoms with Crippen molar-refractivity contribution in [3.05, 3.63) is 59.2 Å². The molecule has 0 aliphatic rings. The zero-order valence-corrected chi connectivity index (χ0v) is 12.9. The lowest BCUT2D eigenvalue weighted by Crippen LogP contribution is -2.30. The summed E-state index contributed by atoms with van der Waals surface area (Å²) in [7, 11) is 0. The van der Waals surface area contributed by atoms with Crippen molar-refractivity contribution in [3.8, 4) is 11.8 Å². The summed E-state index contributed by atoms with van der Waals surface area (Å²) in [6.07, 6.45) is -0.658. The summed E-state index contributed by atoms with van der Waals surface area (Å²) < 4.78 is 5.59. The second-order valence-corrected chi connectivity index (χ2v) is 5.21. The van der Waals surface area contributed by atoms with Gasteiger partial charge in [0.25, 0.3) is 5.91 Å². The topological polar surface area (TPSA) is 62.1 Å². The van der Waals surface area contributed by atoms with Crippen LogP contribution in [0.2, 0.25) is 0 Å². The minimum absolute atomic E-state index is 0.227. The molecule has 0 radical (unpaired) electrons. The van der Waals surface area contributed by atoms with Crippen molar-refractivity contribution in [2.75, 3.05) is 5.32 Å². The fourth-order valence-electron chi connectivity index (χ4n) is 2.08. The number of nitrogens with zero attached hydrogens (tertiary/aromatic N) is 1. The van der Waals surface area contributed by atoms with Crippen LogP contribution in [-0.2, 0) is 4.79 Å². The van der Waals surface area contributed by atoms with Crippen molar-refractivity contribution in [2.45, 2.75) is 26.9 Å². The van der Waals surface area contributed by atoms with Gasteiger partial charge in [0, 0.05) is 5.69 Å². The van der Waals surface area contributed by atoms with E-state index in [2.05, 4.69) is 5.32 Å². The van der Waals surface area contributed by atoms with Crippen LogP contribution in [-0.4, -0.2) is 12.0 Å². The number of rotatable bonds is 4. The van der Waals surface area contributed by atoms with Gasteiger partial charge in [-0.05, 0) is 50.6 Å². The Kier molecular flexibility index (Phi) is 4.80. The average Bonchev–Trinajstić information content (AvgIpc) is 2.50. The van der Waals surface area contributed by atoms with Crippen molar-refractivity contribution in [1.29, 1.82) is 5.26 Å². The molecule has 4 nitrogen and oxygen atoms in total. The van der Waals surface area contributed by atoms with E-state index < -0.39 is 6.10 Å². The number of amides is 1. The molecule has 0 aliphatic heterocycles. The molecular weight excluding hydrogens is 276 g/mol. The minimum atomic E-state index is -0.658. The SMILES string of the molecule is Cc1ccc(NC(=O)C(C)Oc2cccc(C#N)c2)c(C)c1. The molecule has 2 aromatic rings. The first-order valence-electron chi connectivity index (χ1n) is 7.04. The molecule has 1 N–H and O–H groups in total. The smallest absolute Gasteiger partial charge is 0.265 e. The van der Waals surface area contributed by atoms with Gasteiger partial charge in [-0.1, -0.05) is 23.8 Å². The van der Waals surface area contributed by atoms with Crippen LogP contribution >= 0.6 is 0 Å². The Morgan fingerprint density at radius 1 is 1.23 bits per heavy atom. The van der Waals surface area contributed by atoms with Gasteiger partial charge in [-0.2, -0.15) is 5.26 Å². The third-order valence-electron chi connectivity index (χ3n) is 3.28. The molecule has 1 amide bonds. The maximum absolute atomic E-state index is 12.2. The standard InChI is InChI=1S/C18H18N2O2/c1-12-7-8-17(13(2)9-12)20-18(21)14(3)22-16-6-4-5-15(10-16)11-19/h4-10,14H,1-3H3,(H,20,21). The zero-order chi connectivity index (χ0) is 16.1. The molecular formula is C18H18N2O2. The van der Waals surface area contributed by atoms with E-state index in [1.807, 2.05) is 38.1 Å². The van der Waals surface area contributed by atoms with Crippen LogP contribution in [0.25, 0.3) is 0 Å². The molecule has 4 heteroatoms. The van der Waals surface area contributed by atoms with Crippen LogP contribution in [0.1, 0.15) is 23.6 Å². The summed E-state index contributed by atoms with van der Waals surface area (Å²) in [5, 5.41) is 11.7. The summed E-state index contributed by atoms with van der Waals surface area (Å²) in [6.45, 7) is 5.63. The molecule has 2 aromatic carbocycles. The van der Waals surface area contributed by atoms with E-state index in [0.29, 0.717) is 11.3 Å². The van der Waals surface area contributed by atoms with E-state index >= 15 is 0 Å². The molecule has 0 bridgehead atoms. The second kappa shape index (κ2) is 6.77. The first-order valence-corrected chi connectivity index (χ1v) is 7.04. The van der Waals surface area contributed by atoms with Crippen LogP contribution in [0.5, 0.6) is 5.75 Å². The number of aryl methyl sites for hydroxylation is 2. The second-order valence-electron chi connectivity index (χ2n) is 5.21. The summed E-state index contributed by atoms with van der Waals surface area (Å²) in [6, 6.07) is 14.6. The number of nitriles is 1. The summed E-state index contributed by atoms with van der Waals surface area (Å²) >= 11 is 0. The molecule has 1 atom stereocenters. The largest absolute Gasteiger partial charge is 0.481 e. The lowest BCUT2D eigenvalue weighted by molar-refractivity contribution is -0.122. The number of nitrogens with one attached hydrogen (secondary N) is 1. The Hall–Kier alpha value is -2.80. The van der Waals surface area contributed by atoms with E-state index in [9.17, 15) is 4.79 Å². The predicted molar refractivity (Wildman–Crippen MR) is 85.8 cm³/mol. The van der Waals surface area contributed by atoms with E-state index in [-0.39, 0.29) is 5.91 Å². The predicted octanol–water partition coefficient (Wildman–Crippen LogP) is 3.58. The Bertz CT molecular complexity index is 732. The van der Waals surface area contributed by atoms with Gasteiger partial charge in [0.2, 0.25) is 0 Å². The highest BCUT2D eigenvalue weighted by atomic mass is 16.5. The fourth-order valence-corrected chi connectivity index (χ4v) is 2.08. The fraction of sp³-hybridized carbons (Fsp3) is 0.222. The molecule has 0 fully saturated rings. The molecule has 0 spiro atoms. The molecule has 22 heavy (non-hydrogen) atoms. The monoisotopic (exact) mass is 294 g/mol. The van der Waals surface area contributed by atoms with Gasteiger partial charge in [-0.25, -0.2) is 0 Å². The molecule has 0 heterocycles.